The Morgan fingerprint density at radius 1 is 0.938 bits per heavy atom. The van der Waals surface area contributed by atoms with Gasteiger partial charge in [0.25, 0.3) is 0 Å². The predicted octanol–water partition coefficient (Wildman–Crippen LogP) is 3.82. The fourth-order valence-corrected chi connectivity index (χ4v) is 4.50. The van der Waals surface area contributed by atoms with E-state index in [1.807, 2.05) is 0 Å². The molecule has 2 N–H and O–H groups in total. The van der Waals surface area contributed by atoms with Gasteiger partial charge in [0.15, 0.2) is 0 Å². The van der Waals surface area contributed by atoms with Crippen LogP contribution < -0.4 is 5.73 Å². The van der Waals surface area contributed by atoms with Gasteiger partial charge in [-0.05, 0) is 55.4 Å². The van der Waals surface area contributed by atoms with Crippen LogP contribution in [0.25, 0.3) is 0 Å². The summed E-state index contributed by atoms with van der Waals surface area (Å²) in [7, 11) is 0. The lowest BCUT2D eigenvalue weighted by Gasteiger charge is -2.28. The molecule has 2 aliphatic rings. The highest BCUT2D eigenvalue weighted by molar-refractivity contribution is 7.99. The molecule has 1 aliphatic heterocycles. The molecule has 2 rings (SSSR count). The number of thioether (sulfide) groups is 1. The van der Waals surface area contributed by atoms with Crippen molar-refractivity contribution in [2.75, 3.05) is 11.5 Å². The largest absolute Gasteiger partial charge is 0.327 e. The van der Waals surface area contributed by atoms with Gasteiger partial charge < -0.3 is 5.73 Å². The molecule has 0 aromatic carbocycles. The van der Waals surface area contributed by atoms with Crippen LogP contribution in [0.4, 0.5) is 0 Å². The molecule has 0 aromatic rings. The van der Waals surface area contributed by atoms with Crippen molar-refractivity contribution in [1.29, 1.82) is 0 Å². The van der Waals surface area contributed by atoms with E-state index in [9.17, 15) is 0 Å². The maximum Gasteiger partial charge on any atom is 0.00698 e. The highest BCUT2D eigenvalue weighted by Crippen LogP contribution is 2.31. The van der Waals surface area contributed by atoms with Crippen LogP contribution in [0.1, 0.15) is 57.8 Å². The van der Waals surface area contributed by atoms with Crippen LogP contribution in [0.2, 0.25) is 0 Å². The van der Waals surface area contributed by atoms with Crippen LogP contribution >= 0.6 is 11.8 Å². The third-order valence-electron chi connectivity index (χ3n) is 4.45. The highest BCUT2D eigenvalue weighted by atomic mass is 32.2. The van der Waals surface area contributed by atoms with Gasteiger partial charge in [-0.1, -0.05) is 25.7 Å². The summed E-state index contributed by atoms with van der Waals surface area (Å²) in [5.74, 6) is 4.54. The molecule has 1 heterocycles. The smallest absolute Gasteiger partial charge is 0.00698 e. The van der Waals surface area contributed by atoms with E-state index in [1.54, 1.807) is 0 Å². The zero-order valence-corrected chi connectivity index (χ0v) is 11.3. The average molecular weight is 241 g/mol. The van der Waals surface area contributed by atoms with Crippen molar-refractivity contribution in [3.05, 3.63) is 0 Å². The fourth-order valence-electron chi connectivity index (χ4n) is 3.30. The first-order valence-corrected chi connectivity index (χ1v) is 8.35. The van der Waals surface area contributed by atoms with Crippen molar-refractivity contribution in [2.45, 2.75) is 63.8 Å². The lowest BCUT2D eigenvalue weighted by atomic mass is 9.84. The Labute approximate surface area is 105 Å². The van der Waals surface area contributed by atoms with Crippen LogP contribution in [0.3, 0.4) is 0 Å². The molecule has 1 atom stereocenters. The van der Waals surface area contributed by atoms with Gasteiger partial charge in [-0.15, -0.1) is 0 Å². The maximum absolute atomic E-state index is 6.44. The Bertz CT molecular complexity index is 181. The van der Waals surface area contributed by atoms with Crippen molar-refractivity contribution in [2.24, 2.45) is 17.6 Å². The van der Waals surface area contributed by atoms with Gasteiger partial charge in [-0.25, -0.2) is 0 Å². The summed E-state index contributed by atoms with van der Waals surface area (Å²) in [5, 5.41) is 0. The number of nitrogens with two attached hydrogens (primary N) is 1. The van der Waals surface area contributed by atoms with E-state index in [0.717, 1.165) is 11.8 Å². The molecule has 2 fully saturated rings. The molecule has 1 saturated carbocycles. The molecule has 16 heavy (non-hydrogen) atoms. The quantitative estimate of drug-likeness (QED) is 0.760. The summed E-state index contributed by atoms with van der Waals surface area (Å²) in [5.41, 5.74) is 6.44. The minimum atomic E-state index is 0.506. The van der Waals surface area contributed by atoms with Gasteiger partial charge in [0, 0.05) is 6.04 Å². The molecule has 2 heteroatoms. The third-order valence-corrected chi connectivity index (χ3v) is 5.50. The van der Waals surface area contributed by atoms with E-state index < -0.39 is 0 Å². The van der Waals surface area contributed by atoms with Gasteiger partial charge >= 0.3 is 0 Å². The molecule has 94 valence electrons. The Balaban J connectivity index is 1.74. The molecule has 1 unspecified atom stereocenters. The molecule has 1 nitrogen and oxygen atoms in total. The van der Waals surface area contributed by atoms with Crippen LogP contribution in [0, 0.1) is 11.8 Å². The zero-order chi connectivity index (χ0) is 11.2. The van der Waals surface area contributed by atoms with E-state index in [1.165, 1.54) is 69.3 Å². The molecule has 1 saturated heterocycles. The lowest BCUT2D eigenvalue weighted by Crippen LogP contribution is -2.33. The van der Waals surface area contributed by atoms with Crippen LogP contribution in [0.5, 0.6) is 0 Å². The van der Waals surface area contributed by atoms with Crippen molar-refractivity contribution in [3.8, 4) is 0 Å². The Kier molecular flexibility index (Phi) is 5.51. The second-order valence-corrected chi connectivity index (χ2v) is 6.93. The van der Waals surface area contributed by atoms with E-state index in [2.05, 4.69) is 11.8 Å². The predicted molar refractivity (Wildman–Crippen MR) is 73.8 cm³/mol. The molecule has 0 aromatic heterocycles. The summed E-state index contributed by atoms with van der Waals surface area (Å²) in [6.45, 7) is 0. The van der Waals surface area contributed by atoms with Gasteiger partial charge in [-0.3, -0.25) is 0 Å². The van der Waals surface area contributed by atoms with Gasteiger partial charge in [0.2, 0.25) is 0 Å². The summed E-state index contributed by atoms with van der Waals surface area (Å²) in [6.07, 6.45) is 12.7. The fraction of sp³-hybridized carbons (Fsp3) is 1.00. The van der Waals surface area contributed by atoms with Gasteiger partial charge in [0.05, 0.1) is 0 Å². The molecular weight excluding hydrogens is 214 g/mol. The first kappa shape index (κ1) is 12.8. The van der Waals surface area contributed by atoms with Crippen molar-refractivity contribution in [3.63, 3.8) is 0 Å². The van der Waals surface area contributed by atoms with E-state index in [-0.39, 0.29) is 0 Å². The van der Waals surface area contributed by atoms with Crippen molar-refractivity contribution < 1.29 is 0 Å². The molecular formula is C14H27NS. The van der Waals surface area contributed by atoms with Crippen molar-refractivity contribution >= 4 is 11.8 Å². The highest BCUT2D eigenvalue weighted by Gasteiger charge is 2.23. The van der Waals surface area contributed by atoms with Crippen LogP contribution in [-0.2, 0) is 0 Å². The Morgan fingerprint density at radius 3 is 2.19 bits per heavy atom. The van der Waals surface area contributed by atoms with Gasteiger partial charge in [-0.2, -0.15) is 11.8 Å². The standard InChI is InChI=1S/C14H27NS/c15-14(11-12-7-9-16-10-8-12)13-5-3-1-2-4-6-13/h12-14H,1-11,15H2. The number of hydrogen-bond acceptors (Lipinski definition) is 2. The van der Waals surface area contributed by atoms with Crippen LogP contribution in [0.15, 0.2) is 0 Å². The van der Waals surface area contributed by atoms with E-state index in [0.29, 0.717) is 6.04 Å². The minimum absolute atomic E-state index is 0.506. The Morgan fingerprint density at radius 2 is 1.56 bits per heavy atom. The molecule has 0 radical (unpaired) electrons. The Hall–Kier alpha value is 0.310. The maximum atomic E-state index is 6.44. The SMILES string of the molecule is NC(CC1CCSCC1)C1CCCCCC1. The van der Waals surface area contributed by atoms with E-state index in [4.69, 9.17) is 5.73 Å². The topological polar surface area (TPSA) is 26.0 Å². The zero-order valence-electron chi connectivity index (χ0n) is 10.5. The average Bonchev–Trinajstić information content (AvgIpc) is 2.59. The summed E-state index contributed by atoms with van der Waals surface area (Å²) in [4.78, 5) is 0. The van der Waals surface area contributed by atoms with Crippen molar-refractivity contribution in [1.82, 2.24) is 0 Å². The summed E-state index contributed by atoms with van der Waals surface area (Å²) in [6, 6.07) is 0.506. The number of rotatable bonds is 3. The second kappa shape index (κ2) is 6.90. The third kappa shape index (κ3) is 3.96. The second-order valence-electron chi connectivity index (χ2n) is 5.71. The molecule has 1 aliphatic carbocycles. The first-order valence-electron chi connectivity index (χ1n) is 7.19. The normalized spacial score (nSPS) is 27.6. The monoisotopic (exact) mass is 241 g/mol. The minimum Gasteiger partial charge on any atom is -0.327 e. The number of hydrogen-bond donors (Lipinski definition) is 1. The summed E-state index contributed by atoms with van der Waals surface area (Å²) >= 11 is 2.12. The van der Waals surface area contributed by atoms with Gasteiger partial charge in [0.1, 0.15) is 0 Å². The van der Waals surface area contributed by atoms with E-state index >= 15 is 0 Å². The molecule has 0 spiro atoms. The summed E-state index contributed by atoms with van der Waals surface area (Å²) < 4.78 is 0. The first-order chi connectivity index (χ1) is 7.86. The lowest BCUT2D eigenvalue weighted by molar-refractivity contribution is 0.304. The van der Waals surface area contributed by atoms with Crippen LogP contribution in [-0.4, -0.2) is 17.5 Å². The molecule has 0 bridgehead atoms. The molecule has 0 amide bonds.